The smallest absolute Gasteiger partial charge is 0.232 e. The molecule has 0 atom stereocenters. The number of rotatable bonds is 10. The number of ether oxygens (including phenoxy) is 3. The number of anilines is 1. The largest absolute Gasteiger partial charge is 0.497 e. The van der Waals surface area contributed by atoms with Crippen molar-refractivity contribution in [1.82, 2.24) is 9.97 Å². The first-order valence-corrected chi connectivity index (χ1v) is 12.9. The van der Waals surface area contributed by atoms with E-state index in [-0.39, 0.29) is 12.3 Å². The van der Waals surface area contributed by atoms with E-state index in [0.717, 1.165) is 48.8 Å². The lowest BCUT2D eigenvalue weighted by molar-refractivity contribution is -0.115. The zero-order chi connectivity index (χ0) is 23.2. The number of thioether (sulfide) groups is 1. The number of hydrogen-bond acceptors (Lipinski definition) is 9. The quantitative estimate of drug-likeness (QED) is 0.282. The van der Waals surface area contributed by atoms with Crippen LogP contribution in [0.2, 0.25) is 0 Å². The van der Waals surface area contributed by atoms with Gasteiger partial charge in [-0.1, -0.05) is 23.1 Å². The Labute approximate surface area is 204 Å². The van der Waals surface area contributed by atoms with Crippen LogP contribution in [-0.2, 0) is 17.0 Å². The second-order valence-corrected chi connectivity index (χ2v) is 10.0. The number of nitrogens with one attached hydrogen (secondary N) is 1. The number of methoxy groups -OCH3 is 2. The van der Waals surface area contributed by atoms with Crippen molar-refractivity contribution in [1.29, 1.82) is 0 Å². The second kappa shape index (κ2) is 10.9. The Balaban J connectivity index is 1.33. The van der Waals surface area contributed by atoms with Crippen molar-refractivity contribution in [3.8, 4) is 17.2 Å². The number of aromatic nitrogens is 2. The Morgan fingerprint density at radius 1 is 1.06 bits per heavy atom. The highest BCUT2D eigenvalue weighted by Gasteiger charge is 2.12. The predicted octanol–water partition coefficient (Wildman–Crippen LogP) is 5.64. The number of thiazole rings is 2. The molecule has 4 aromatic rings. The third-order valence-corrected chi connectivity index (χ3v) is 7.64. The summed E-state index contributed by atoms with van der Waals surface area (Å²) in [5.41, 5.74) is 2.65. The summed E-state index contributed by atoms with van der Waals surface area (Å²) in [6, 6.07) is 11.5. The van der Waals surface area contributed by atoms with Gasteiger partial charge < -0.3 is 19.5 Å². The van der Waals surface area contributed by atoms with E-state index in [1.807, 2.05) is 48.7 Å². The third kappa shape index (κ3) is 6.16. The minimum Gasteiger partial charge on any atom is -0.497 e. The topological polar surface area (TPSA) is 82.6 Å². The molecule has 10 heteroatoms. The summed E-state index contributed by atoms with van der Waals surface area (Å²) in [5, 5.41) is 5.37. The number of carbonyl (C=O) groups is 1. The summed E-state index contributed by atoms with van der Waals surface area (Å²) in [5.74, 6) is 2.89. The Morgan fingerprint density at radius 3 is 2.58 bits per heavy atom. The molecule has 2 aromatic heterocycles. The summed E-state index contributed by atoms with van der Waals surface area (Å²) in [7, 11) is 3.27. The van der Waals surface area contributed by atoms with Crippen LogP contribution < -0.4 is 19.5 Å². The molecular weight excluding hydrogens is 478 g/mol. The van der Waals surface area contributed by atoms with Gasteiger partial charge in [0.25, 0.3) is 0 Å². The molecule has 0 aliphatic carbocycles. The monoisotopic (exact) mass is 501 g/mol. The predicted molar refractivity (Wildman–Crippen MR) is 134 cm³/mol. The number of fused-ring (bicyclic) bond motifs is 1. The third-order valence-electron chi connectivity index (χ3n) is 4.56. The molecule has 33 heavy (non-hydrogen) atoms. The summed E-state index contributed by atoms with van der Waals surface area (Å²) < 4.78 is 18.1. The molecule has 0 aliphatic heterocycles. The van der Waals surface area contributed by atoms with Crippen LogP contribution in [0, 0.1) is 0 Å². The number of amides is 1. The van der Waals surface area contributed by atoms with E-state index in [9.17, 15) is 4.79 Å². The van der Waals surface area contributed by atoms with E-state index in [2.05, 4.69) is 15.3 Å². The SMILES string of the molecule is CCOc1ccc2nc(NC(=O)Cc3csc(SCc4cc(OC)cc(OC)c4)n3)sc2c1. The van der Waals surface area contributed by atoms with Crippen LogP contribution in [0.4, 0.5) is 5.13 Å². The van der Waals surface area contributed by atoms with Gasteiger partial charge in [-0.25, -0.2) is 9.97 Å². The molecule has 0 aliphatic rings. The number of nitrogens with zero attached hydrogens (tertiary/aromatic N) is 2. The van der Waals surface area contributed by atoms with Crippen molar-refractivity contribution in [2.24, 2.45) is 0 Å². The van der Waals surface area contributed by atoms with E-state index in [1.165, 1.54) is 22.7 Å². The minimum absolute atomic E-state index is 0.140. The van der Waals surface area contributed by atoms with Gasteiger partial charge in [-0.15, -0.1) is 11.3 Å². The van der Waals surface area contributed by atoms with Crippen molar-refractivity contribution in [3.63, 3.8) is 0 Å². The average molecular weight is 502 g/mol. The Kier molecular flexibility index (Phi) is 7.69. The first kappa shape index (κ1) is 23.3. The van der Waals surface area contributed by atoms with E-state index in [4.69, 9.17) is 14.2 Å². The molecule has 0 saturated heterocycles. The van der Waals surface area contributed by atoms with Gasteiger partial charge in [-0.2, -0.15) is 0 Å². The van der Waals surface area contributed by atoms with Crippen LogP contribution >= 0.6 is 34.4 Å². The average Bonchev–Trinajstić information content (AvgIpc) is 3.43. The van der Waals surface area contributed by atoms with Gasteiger partial charge in [0.1, 0.15) is 21.6 Å². The van der Waals surface area contributed by atoms with Crippen molar-refractivity contribution >= 4 is 55.7 Å². The van der Waals surface area contributed by atoms with Crippen LogP contribution in [0.25, 0.3) is 10.2 Å². The molecule has 0 unspecified atom stereocenters. The highest BCUT2D eigenvalue weighted by Crippen LogP contribution is 2.31. The van der Waals surface area contributed by atoms with Crippen LogP contribution in [0.1, 0.15) is 18.2 Å². The molecule has 0 fully saturated rings. The number of benzene rings is 2. The van der Waals surface area contributed by atoms with Crippen molar-refractivity contribution < 1.29 is 19.0 Å². The second-order valence-electron chi connectivity index (χ2n) is 6.92. The lowest BCUT2D eigenvalue weighted by atomic mass is 10.2. The Morgan fingerprint density at radius 2 is 1.85 bits per heavy atom. The Bertz CT molecular complexity index is 1230. The molecule has 2 aromatic carbocycles. The zero-order valence-corrected chi connectivity index (χ0v) is 20.9. The summed E-state index contributed by atoms with van der Waals surface area (Å²) in [6.45, 7) is 2.55. The fourth-order valence-corrected chi connectivity index (χ4v) is 5.76. The lowest BCUT2D eigenvalue weighted by Crippen LogP contribution is -2.14. The first-order chi connectivity index (χ1) is 16.1. The molecule has 0 bridgehead atoms. The van der Waals surface area contributed by atoms with E-state index in [1.54, 1.807) is 26.0 Å². The number of hydrogen-bond donors (Lipinski definition) is 1. The fraction of sp³-hybridized carbons (Fsp3) is 0.261. The van der Waals surface area contributed by atoms with E-state index < -0.39 is 0 Å². The van der Waals surface area contributed by atoms with Gasteiger partial charge in [0, 0.05) is 17.2 Å². The van der Waals surface area contributed by atoms with Crippen molar-refractivity contribution in [2.45, 2.75) is 23.4 Å². The van der Waals surface area contributed by atoms with Crippen LogP contribution in [0.3, 0.4) is 0 Å². The molecule has 0 radical (unpaired) electrons. The molecule has 0 saturated carbocycles. The molecular formula is C23H23N3O4S3. The molecule has 1 amide bonds. The highest BCUT2D eigenvalue weighted by atomic mass is 32.2. The van der Waals surface area contributed by atoms with Gasteiger partial charge in [0.2, 0.25) is 5.91 Å². The Hall–Kier alpha value is -2.82. The van der Waals surface area contributed by atoms with Gasteiger partial charge in [0.15, 0.2) is 5.13 Å². The molecule has 0 spiro atoms. The van der Waals surface area contributed by atoms with Crippen molar-refractivity contribution in [2.75, 3.05) is 26.1 Å². The normalized spacial score (nSPS) is 10.9. The summed E-state index contributed by atoms with van der Waals surface area (Å²) >= 11 is 4.57. The fourth-order valence-electron chi connectivity index (χ4n) is 3.07. The van der Waals surface area contributed by atoms with Gasteiger partial charge in [0.05, 0.1) is 43.2 Å². The summed E-state index contributed by atoms with van der Waals surface area (Å²) in [4.78, 5) is 21.6. The highest BCUT2D eigenvalue weighted by molar-refractivity contribution is 8.00. The zero-order valence-electron chi connectivity index (χ0n) is 18.4. The van der Waals surface area contributed by atoms with Crippen LogP contribution in [-0.4, -0.2) is 36.7 Å². The van der Waals surface area contributed by atoms with Gasteiger partial charge in [-0.05, 0) is 42.8 Å². The molecule has 4 rings (SSSR count). The van der Waals surface area contributed by atoms with Crippen molar-refractivity contribution in [3.05, 3.63) is 53.0 Å². The molecule has 1 N–H and O–H groups in total. The van der Waals surface area contributed by atoms with Crippen LogP contribution in [0.15, 0.2) is 46.1 Å². The van der Waals surface area contributed by atoms with Gasteiger partial charge in [-0.3, -0.25) is 4.79 Å². The maximum Gasteiger partial charge on any atom is 0.232 e. The lowest BCUT2D eigenvalue weighted by Gasteiger charge is -2.07. The maximum absolute atomic E-state index is 12.5. The molecule has 7 nitrogen and oxygen atoms in total. The van der Waals surface area contributed by atoms with Crippen LogP contribution in [0.5, 0.6) is 17.2 Å². The number of carbonyl (C=O) groups excluding carboxylic acids is 1. The molecule has 2 heterocycles. The first-order valence-electron chi connectivity index (χ1n) is 10.2. The molecule has 172 valence electrons. The maximum atomic E-state index is 12.5. The van der Waals surface area contributed by atoms with Gasteiger partial charge >= 0.3 is 0 Å². The van der Waals surface area contributed by atoms with E-state index in [0.29, 0.717) is 11.7 Å². The standard InChI is InChI=1S/C23H23N3O4S3/c1-4-30-16-5-6-19-20(11-16)33-22(25-19)26-21(27)9-15-13-32-23(24-15)31-12-14-7-17(28-2)10-18(8-14)29-3/h5-8,10-11,13H,4,9,12H2,1-3H3,(H,25,26,27). The minimum atomic E-state index is -0.140. The van der Waals surface area contributed by atoms with E-state index >= 15 is 0 Å². The summed E-state index contributed by atoms with van der Waals surface area (Å²) in [6.07, 6.45) is 0.199.